The molecule has 1 unspecified atom stereocenters. The van der Waals surface area contributed by atoms with Crippen LogP contribution in [-0.4, -0.2) is 37.0 Å². The molecule has 12 heavy (non-hydrogen) atoms. The van der Waals surface area contributed by atoms with Crippen LogP contribution in [0.2, 0.25) is 0 Å². The van der Waals surface area contributed by atoms with Crippen LogP contribution in [0, 0.1) is 11.8 Å². The van der Waals surface area contributed by atoms with Crippen LogP contribution in [0.1, 0.15) is 6.92 Å². The van der Waals surface area contributed by atoms with Gasteiger partial charge in [0.25, 0.3) is 0 Å². The second-order valence-electron chi connectivity index (χ2n) is 3.62. The van der Waals surface area contributed by atoms with E-state index in [0.29, 0.717) is 5.92 Å². The van der Waals surface area contributed by atoms with Crippen molar-refractivity contribution in [1.29, 1.82) is 0 Å². The molecule has 0 saturated carbocycles. The topological polar surface area (TPSA) is 72.3 Å². The molecular formula is C8H17N3O. The molecule has 0 aromatic rings. The second-order valence-corrected chi connectivity index (χ2v) is 3.62. The maximum atomic E-state index is 10.7. The lowest BCUT2D eigenvalue weighted by Crippen LogP contribution is -2.52. The number of likely N-dealkylation sites (tertiary alicyclic amines) is 1. The fourth-order valence-corrected chi connectivity index (χ4v) is 1.45. The Morgan fingerprint density at radius 2 is 2.25 bits per heavy atom. The van der Waals surface area contributed by atoms with Crippen LogP contribution in [-0.2, 0) is 4.79 Å². The zero-order valence-electron chi connectivity index (χ0n) is 7.49. The Balaban J connectivity index is 2.14. The fourth-order valence-electron chi connectivity index (χ4n) is 1.45. The summed E-state index contributed by atoms with van der Waals surface area (Å²) in [5.41, 5.74) is 10.6. The van der Waals surface area contributed by atoms with Crippen LogP contribution in [0.3, 0.4) is 0 Å². The standard InChI is InChI=1S/C8H17N3O/c1-6(8(10)12)3-11-4-7(2-9)5-11/h6-7H,2-5,9H2,1H3,(H2,10,12). The minimum absolute atomic E-state index is 0.0382. The molecule has 0 aromatic carbocycles. The third-order valence-corrected chi connectivity index (χ3v) is 2.38. The lowest BCUT2D eigenvalue weighted by molar-refractivity contribution is -0.122. The maximum Gasteiger partial charge on any atom is 0.221 e. The Kier molecular flexibility index (Phi) is 3.05. The van der Waals surface area contributed by atoms with Gasteiger partial charge in [0.2, 0.25) is 5.91 Å². The van der Waals surface area contributed by atoms with Crippen LogP contribution in [0.25, 0.3) is 0 Å². The largest absolute Gasteiger partial charge is 0.369 e. The molecule has 1 aliphatic rings. The van der Waals surface area contributed by atoms with E-state index in [-0.39, 0.29) is 11.8 Å². The number of carbonyl (C=O) groups is 1. The number of hydrogen-bond acceptors (Lipinski definition) is 3. The van der Waals surface area contributed by atoms with Crippen molar-refractivity contribution in [2.75, 3.05) is 26.2 Å². The van der Waals surface area contributed by atoms with Gasteiger partial charge in [0.1, 0.15) is 0 Å². The monoisotopic (exact) mass is 171 g/mol. The zero-order valence-corrected chi connectivity index (χ0v) is 7.49. The quantitative estimate of drug-likeness (QED) is 0.570. The highest BCUT2D eigenvalue weighted by Gasteiger charge is 2.27. The molecule has 4 nitrogen and oxygen atoms in total. The van der Waals surface area contributed by atoms with Crippen molar-refractivity contribution in [2.24, 2.45) is 23.3 Å². The predicted octanol–water partition coefficient (Wildman–Crippen LogP) is -1.00. The van der Waals surface area contributed by atoms with Gasteiger partial charge in [0, 0.05) is 25.6 Å². The van der Waals surface area contributed by atoms with Crippen molar-refractivity contribution in [1.82, 2.24) is 4.90 Å². The van der Waals surface area contributed by atoms with E-state index in [1.165, 1.54) is 0 Å². The summed E-state index contributed by atoms with van der Waals surface area (Å²) in [4.78, 5) is 12.9. The van der Waals surface area contributed by atoms with Crippen molar-refractivity contribution < 1.29 is 4.79 Å². The molecule has 1 aliphatic heterocycles. The van der Waals surface area contributed by atoms with Crippen LogP contribution in [0.4, 0.5) is 0 Å². The summed E-state index contributed by atoms with van der Waals surface area (Å²) in [6, 6.07) is 0. The maximum absolute atomic E-state index is 10.7. The van der Waals surface area contributed by atoms with Crippen molar-refractivity contribution in [3.8, 4) is 0 Å². The highest BCUT2D eigenvalue weighted by Crippen LogP contribution is 2.15. The van der Waals surface area contributed by atoms with Crippen molar-refractivity contribution in [3.63, 3.8) is 0 Å². The zero-order chi connectivity index (χ0) is 9.14. The molecule has 70 valence electrons. The van der Waals surface area contributed by atoms with E-state index in [1.54, 1.807) is 0 Å². The molecule has 1 rings (SSSR count). The van der Waals surface area contributed by atoms with E-state index >= 15 is 0 Å². The molecule has 4 heteroatoms. The first-order chi connectivity index (χ1) is 5.63. The smallest absolute Gasteiger partial charge is 0.221 e. The highest BCUT2D eigenvalue weighted by atomic mass is 16.1. The molecule has 1 atom stereocenters. The number of hydrogen-bond donors (Lipinski definition) is 2. The number of rotatable bonds is 4. The number of carbonyl (C=O) groups excluding carboxylic acids is 1. The van der Waals surface area contributed by atoms with E-state index in [2.05, 4.69) is 4.90 Å². The van der Waals surface area contributed by atoms with Crippen LogP contribution in [0.15, 0.2) is 0 Å². The minimum atomic E-state index is -0.216. The summed E-state index contributed by atoms with van der Waals surface area (Å²) in [6.45, 7) is 5.44. The summed E-state index contributed by atoms with van der Waals surface area (Å²) in [7, 11) is 0. The van der Waals surface area contributed by atoms with Gasteiger partial charge in [0.15, 0.2) is 0 Å². The summed E-state index contributed by atoms with van der Waals surface area (Å²) in [6.07, 6.45) is 0. The molecule has 0 aliphatic carbocycles. The van der Waals surface area contributed by atoms with Gasteiger partial charge in [-0.25, -0.2) is 0 Å². The van der Waals surface area contributed by atoms with E-state index in [9.17, 15) is 4.79 Å². The van der Waals surface area contributed by atoms with Crippen molar-refractivity contribution >= 4 is 5.91 Å². The fraction of sp³-hybridized carbons (Fsp3) is 0.875. The molecular weight excluding hydrogens is 154 g/mol. The molecule has 4 N–H and O–H groups in total. The van der Waals surface area contributed by atoms with Crippen molar-refractivity contribution in [2.45, 2.75) is 6.92 Å². The molecule has 1 amide bonds. The lowest BCUT2D eigenvalue weighted by atomic mass is 9.98. The highest BCUT2D eigenvalue weighted by molar-refractivity contribution is 5.76. The molecule has 0 aromatic heterocycles. The van der Waals surface area contributed by atoms with Gasteiger partial charge in [-0.15, -0.1) is 0 Å². The number of primary amides is 1. The molecule has 0 radical (unpaired) electrons. The Hall–Kier alpha value is -0.610. The Bertz CT molecular complexity index is 166. The number of nitrogens with zero attached hydrogens (tertiary/aromatic N) is 1. The third-order valence-electron chi connectivity index (χ3n) is 2.38. The molecule has 1 heterocycles. The molecule has 0 bridgehead atoms. The molecule has 0 spiro atoms. The third kappa shape index (κ3) is 2.19. The van der Waals surface area contributed by atoms with E-state index in [4.69, 9.17) is 11.5 Å². The SMILES string of the molecule is CC(CN1CC(CN)C1)C(N)=O. The first-order valence-electron chi connectivity index (χ1n) is 4.35. The number of amides is 1. The van der Waals surface area contributed by atoms with Gasteiger partial charge in [-0.05, 0) is 12.5 Å². The van der Waals surface area contributed by atoms with Crippen LogP contribution in [0.5, 0.6) is 0 Å². The summed E-state index contributed by atoms with van der Waals surface area (Å²) < 4.78 is 0. The summed E-state index contributed by atoms with van der Waals surface area (Å²) in [5, 5.41) is 0. The summed E-state index contributed by atoms with van der Waals surface area (Å²) in [5.74, 6) is 0.375. The van der Waals surface area contributed by atoms with E-state index < -0.39 is 0 Å². The average Bonchev–Trinajstić information content (AvgIpc) is 1.94. The van der Waals surface area contributed by atoms with Crippen LogP contribution < -0.4 is 11.5 Å². The Morgan fingerprint density at radius 3 is 2.67 bits per heavy atom. The Morgan fingerprint density at radius 1 is 1.67 bits per heavy atom. The van der Waals surface area contributed by atoms with Gasteiger partial charge in [-0.3, -0.25) is 4.79 Å². The van der Waals surface area contributed by atoms with Gasteiger partial charge < -0.3 is 16.4 Å². The van der Waals surface area contributed by atoms with Gasteiger partial charge >= 0.3 is 0 Å². The Labute approximate surface area is 72.9 Å². The predicted molar refractivity (Wildman–Crippen MR) is 47.3 cm³/mol. The molecule has 1 saturated heterocycles. The molecule has 1 fully saturated rings. The van der Waals surface area contributed by atoms with Crippen LogP contribution >= 0.6 is 0 Å². The number of nitrogens with two attached hydrogens (primary N) is 2. The first-order valence-corrected chi connectivity index (χ1v) is 4.35. The lowest BCUT2D eigenvalue weighted by Gasteiger charge is -2.39. The van der Waals surface area contributed by atoms with Gasteiger partial charge in [-0.2, -0.15) is 0 Å². The average molecular weight is 171 g/mol. The second kappa shape index (κ2) is 3.87. The van der Waals surface area contributed by atoms with Gasteiger partial charge in [-0.1, -0.05) is 6.92 Å². The summed E-state index contributed by atoms with van der Waals surface area (Å²) >= 11 is 0. The normalized spacial score (nSPS) is 21.8. The van der Waals surface area contributed by atoms with E-state index in [0.717, 1.165) is 26.2 Å². The van der Waals surface area contributed by atoms with Gasteiger partial charge in [0.05, 0.1) is 0 Å². The first kappa shape index (κ1) is 9.48. The van der Waals surface area contributed by atoms with E-state index in [1.807, 2.05) is 6.92 Å². The van der Waals surface area contributed by atoms with Crippen molar-refractivity contribution in [3.05, 3.63) is 0 Å². The minimum Gasteiger partial charge on any atom is -0.369 e.